The van der Waals surface area contributed by atoms with Crippen molar-refractivity contribution < 1.29 is 4.79 Å². The Bertz CT molecular complexity index is 1180. The summed E-state index contributed by atoms with van der Waals surface area (Å²) in [5.41, 5.74) is 2.86. The Morgan fingerprint density at radius 3 is 2.81 bits per heavy atom. The molecule has 0 aliphatic carbocycles. The lowest BCUT2D eigenvalue weighted by Gasteiger charge is -2.27. The lowest BCUT2D eigenvalue weighted by molar-refractivity contribution is 0.102. The van der Waals surface area contributed by atoms with Crippen LogP contribution in [0.4, 0.5) is 17.2 Å². The van der Waals surface area contributed by atoms with Crippen LogP contribution in [0, 0.1) is 0 Å². The standard InChI is InChI=1S/C21H22N8OS/c30-20(26-15-3-1-14(2-4-15)12-29-8-6-22-7-9-29)18-17(11-25-28-18)27-19-16-5-10-31-21(16)24-13-23-19/h1-5,10-11,13,22H,6-9,12H2,(H,25,28)(H,26,30)(H,23,24,27). The average molecular weight is 435 g/mol. The molecule has 0 spiro atoms. The van der Waals surface area contributed by atoms with Crippen LogP contribution in [0.15, 0.2) is 48.2 Å². The number of thiophene rings is 1. The molecule has 1 aromatic carbocycles. The predicted octanol–water partition coefficient (Wildman–Crippen LogP) is 2.82. The third-order valence-corrected chi connectivity index (χ3v) is 6.03. The molecule has 0 saturated carbocycles. The molecule has 158 valence electrons. The molecule has 1 amide bonds. The number of hydrogen-bond donors (Lipinski definition) is 4. The zero-order valence-electron chi connectivity index (χ0n) is 16.8. The molecule has 1 aliphatic rings. The van der Waals surface area contributed by atoms with Crippen molar-refractivity contribution in [2.75, 3.05) is 36.8 Å². The van der Waals surface area contributed by atoms with E-state index in [0.717, 1.165) is 48.6 Å². The molecule has 1 aliphatic heterocycles. The second kappa shape index (κ2) is 8.80. The summed E-state index contributed by atoms with van der Waals surface area (Å²) in [6.07, 6.45) is 3.08. The Morgan fingerprint density at radius 1 is 1.13 bits per heavy atom. The molecule has 1 fully saturated rings. The largest absolute Gasteiger partial charge is 0.336 e. The van der Waals surface area contributed by atoms with Crippen molar-refractivity contribution in [2.24, 2.45) is 0 Å². The SMILES string of the molecule is O=C(Nc1ccc(CN2CCNCC2)cc1)c1[nH]ncc1Nc1ncnc2sccc12. The second-order valence-corrected chi connectivity index (χ2v) is 8.22. The number of aromatic nitrogens is 4. The first-order chi connectivity index (χ1) is 15.3. The maximum absolute atomic E-state index is 12.8. The van der Waals surface area contributed by atoms with Gasteiger partial charge in [0.25, 0.3) is 5.91 Å². The van der Waals surface area contributed by atoms with Gasteiger partial charge in [-0.1, -0.05) is 12.1 Å². The van der Waals surface area contributed by atoms with Gasteiger partial charge < -0.3 is 16.0 Å². The van der Waals surface area contributed by atoms with Crippen molar-refractivity contribution in [1.29, 1.82) is 0 Å². The normalized spacial score (nSPS) is 14.6. The Morgan fingerprint density at radius 2 is 1.97 bits per heavy atom. The molecule has 3 aromatic heterocycles. The van der Waals surface area contributed by atoms with Gasteiger partial charge in [0.1, 0.15) is 22.7 Å². The van der Waals surface area contributed by atoms with Gasteiger partial charge in [-0.2, -0.15) is 5.10 Å². The van der Waals surface area contributed by atoms with Gasteiger partial charge in [0.05, 0.1) is 17.3 Å². The molecule has 9 nitrogen and oxygen atoms in total. The van der Waals surface area contributed by atoms with Crippen LogP contribution in [0.25, 0.3) is 10.2 Å². The summed E-state index contributed by atoms with van der Waals surface area (Å²) in [6, 6.07) is 9.91. The smallest absolute Gasteiger partial charge is 0.275 e. The van der Waals surface area contributed by atoms with E-state index in [2.05, 4.69) is 53.1 Å². The minimum absolute atomic E-state index is 0.273. The van der Waals surface area contributed by atoms with E-state index in [-0.39, 0.29) is 5.91 Å². The molecule has 10 heteroatoms. The summed E-state index contributed by atoms with van der Waals surface area (Å²) in [5, 5.41) is 19.1. The molecular weight excluding hydrogens is 412 g/mol. The number of anilines is 3. The van der Waals surface area contributed by atoms with Gasteiger partial charge >= 0.3 is 0 Å². The molecule has 1 saturated heterocycles. The summed E-state index contributed by atoms with van der Waals surface area (Å²) < 4.78 is 0. The number of hydrogen-bond acceptors (Lipinski definition) is 8. The maximum atomic E-state index is 12.8. The molecular formula is C21H22N8OS. The van der Waals surface area contributed by atoms with Gasteiger partial charge in [-0.25, -0.2) is 9.97 Å². The fraction of sp³-hybridized carbons (Fsp3) is 0.238. The highest BCUT2D eigenvalue weighted by molar-refractivity contribution is 7.16. The monoisotopic (exact) mass is 434 g/mol. The molecule has 4 N–H and O–H groups in total. The maximum Gasteiger partial charge on any atom is 0.275 e. The Labute approximate surface area is 182 Å². The van der Waals surface area contributed by atoms with Gasteiger partial charge in [0.15, 0.2) is 0 Å². The number of carbonyl (C=O) groups is 1. The Hall–Kier alpha value is -3.34. The first kappa shape index (κ1) is 19.6. The highest BCUT2D eigenvalue weighted by Gasteiger charge is 2.16. The van der Waals surface area contributed by atoms with E-state index in [4.69, 9.17) is 0 Å². The number of H-pyrrole nitrogens is 1. The lowest BCUT2D eigenvalue weighted by atomic mass is 10.2. The number of aromatic amines is 1. The first-order valence-electron chi connectivity index (χ1n) is 10.1. The minimum atomic E-state index is -0.273. The lowest BCUT2D eigenvalue weighted by Crippen LogP contribution is -2.42. The van der Waals surface area contributed by atoms with Crippen molar-refractivity contribution >= 4 is 44.7 Å². The molecule has 4 heterocycles. The topological polar surface area (TPSA) is 111 Å². The van der Waals surface area contributed by atoms with Crippen LogP contribution in [0.1, 0.15) is 16.1 Å². The molecule has 0 radical (unpaired) electrons. The number of fused-ring (bicyclic) bond motifs is 1. The van der Waals surface area contributed by atoms with Crippen LogP contribution in [0.5, 0.6) is 0 Å². The molecule has 0 bridgehead atoms. The summed E-state index contributed by atoms with van der Waals surface area (Å²) in [6.45, 7) is 5.08. The fourth-order valence-corrected chi connectivity index (χ4v) is 4.32. The molecule has 0 unspecified atom stereocenters. The average Bonchev–Trinajstić information content (AvgIpc) is 3.46. The zero-order chi connectivity index (χ0) is 21.0. The summed E-state index contributed by atoms with van der Waals surface area (Å²) in [7, 11) is 0. The van der Waals surface area contributed by atoms with Gasteiger partial charge in [-0.05, 0) is 29.1 Å². The molecule has 5 rings (SSSR count). The van der Waals surface area contributed by atoms with Crippen LogP contribution in [-0.4, -0.2) is 57.2 Å². The number of nitrogens with zero attached hydrogens (tertiary/aromatic N) is 4. The van der Waals surface area contributed by atoms with E-state index in [9.17, 15) is 4.79 Å². The third-order valence-electron chi connectivity index (χ3n) is 5.21. The number of rotatable bonds is 6. The van der Waals surface area contributed by atoms with Crippen LogP contribution in [0.2, 0.25) is 0 Å². The fourth-order valence-electron chi connectivity index (χ4n) is 3.59. The van der Waals surface area contributed by atoms with Crippen molar-refractivity contribution in [2.45, 2.75) is 6.54 Å². The summed E-state index contributed by atoms with van der Waals surface area (Å²) in [5.74, 6) is 0.365. The van der Waals surface area contributed by atoms with Crippen LogP contribution in [-0.2, 0) is 6.54 Å². The first-order valence-corrected chi connectivity index (χ1v) is 11.0. The van der Waals surface area contributed by atoms with Crippen molar-refractivity contribution in [1.82, 2.24) is 30.4 Å². The zero-order valence-corrected chi connectivity index (χ0v) is 17.6. The Balaban J connectivity index is 1.26. The van der Waals surface area contributed by atoms with Gasteiger partial charge in [-0.3, -0.25) is 14.8 Å². The minimum Gasteiger partial charge on any atom is -0.336 e. The number of amides is 1. The highest BCUT2D eigenvalue weighted by atomic mass is 32.1. The second-order valence-electron chi connectivity index (χ2n) is 7.32. The third kappa shape index (κ3) is 4.41. The van der Waals surface area contributed by atoms with Crippen molar-refractivity contribution in [3.63, 3.8) is 0 Å². The van der Waals surface area contributed by atoms with Crippen molar-refractivity contribution in [3.8, 4) is 0 Å². The van der Waals surface area contributed by atoms with E-state index in [1.807, 2.05) is 23.6 Å². The van der Waals surface area contributed by atoms with Crippen molar-refractivity contribution in [3.05, 3.63) is 59.5 Å². The number of carbonyl (C=O) groups excluding carboxylic acids is 1. The van der Waals surface area contributed by atoms with Gasteiger partial charge in [-0.15, -0.1) is 11.3 Å². The molecule has 4 aromatic rings. The summed E-state index contributed by atoms with van der Waals surface area (Å²) >= 11 is 1.54. The predicted molar refractivity (Wildman–Crippen MR) is 122 cm³/mol. The summed E-state index contributed by atoms with van der Waals surface area (Å²) in [4.78, 5) is 24.7. The number of piperazine rings is 1. The quantitative estimate of drug-likeness (QED) is 0.369. The van der Waals surface area contributed by atoms with Crippen LogP contribution in [0.3, 0.4) is 0 Å². The van der Waals surface area contributed by atoms with E-state index < -0.39 is 0 Å². The van der Waals surface area contributed by atoms with E-state index >= 15 is 0 Å². The van der Waals surface area contributed by atoms with Gasteiger partial charge in [0.2, 0.25) is 0 Å². The number of nitrogens with one attached hydrogen (secondary N) is 4. The van der Waals surface area contributed by atoms with E-state index in [1.165, 1.54) is 23.2 Å². The highest BCUT2D eigenvalue weighted by Crippen LogP contribution is 2.27. The molecule has 31 heavy (non-hydrogen) atoms. The van der Waals surface area contributed by atoms with Crippen LogP contribution < -0.4 is 16.0 Å². The number of benzene rings is 1. The van der Waals surface area contributed by atoms with Gasteiger partial charge in [0, 0.05) is 38.4 Å². The Kier molecular flexibility index (Phi) is 5.57. The van der Waals surface area contributed by atoms with Crippen LogP contribution >= 0.6 is 11.3 Å². The van der Waals surface area contributed by atoms with E-state index in [0.29, 0.717) is 17.2 Å². The van der Waals surface area contributed by atoms with E-state index in [1.54, 1.807) is 6.20 Å². The molecule has 0 atom stereocenters.